The van der Waals surface area contributed by atoms with Gasteiger partial charge in [-0.05, 0) is 0 Å². The summed E-state index contributed by atoms with van der Waals surface area (Å²) in [4.78, 5) is 23.7. The Kier molecular flexibility index (Phi) is 4.64. The van der Waals surface area contributed by atoms with E-state index < -0.39 is 4.92 Å². The van der Waals surface area contributed by atoms with Crippen molar-refractivity contribution >= 4 is 36.8 Å². The van der Waals surface area contributed by atoms with Gasteiger partial charge >= 0.3 is 138 Å². The first-order chi connectivity index (χ1) is 11.2. The van der Waals surface area contributed by atoms with Crippen molar-refractivity contribution in [3.63, 3.8) is 0 Å². The second-order valence-electron chi connectivity index (χ2n) is 4.65. The van der Waals surface area contributed by atoms with Crippen LogP contribution < -0.4 is 4.48 Å². The number of non-ortho nitro benzene ring substituents is 1. The van der Waals surface area contributed by atoms with Crippen molar-refractivity contribution in [1.29, 1.82) is 0 Å². The second-order valence-corrected chi connectivity index (χ2v) is 7.14. The number of aromatic nitrogens is 4. The molecule has 0 N–H and O–H groups in total. The molecular formula is C14H13AsN5O3. The van der Waals surface area contributed by atoms with Crippen LogP contribution in [0.1, 0.15) is 0 Å². The summed E-state index contributed by atoms with van der Waals surface area (Å²) < 4.78 is 7.68. The third kappa shape index (κ3) is 3.38. The molecule has 0 fully saturated rings. The summed E-state index contributed by atoms with van der Waals surface area (Å²) in [6.07, 6.45) is 5.05. The number of hydrogen-bond acceptors (Lipinski definition) is 6. The maximum absolute atomic E-state index is 11.0. The van der Waals surface area contributed by atoms with Crippen molar-refractivity contribution in [3.8, 4) is 5.95 Å². The molecule has 0 aliphatic carbocycles. The molecule has 8 nitrogen and oxygen atoms in total. The fraction of sp³-hybridized carbons (Fsp3) is 0.214. The Morgan fingerprint density at radius 2 is 2.26 bits per heavy atom. The number of hydrogen-bond donors (Lipinski definition) is 0. The molecule has 0 saturated carbocycles. The van der Waals surface area contributed by atoms with E-state index in [1.165, 1.54) is 6.07 Å². The Bertz CT molecular complexity index is 838. The molecule has 1 radical (unpaired) electrons. The van der Waals surface area contributed by atoms with Gasteiger partial charge in [-0.1, -0.05) is 0 Å². The van der Waals surface area contributed by atoms with Crippen LogP contribution in [-0.2, 0) is 4.74 Å². The van der Waals surface area contributed by atoms with E-state index in [2.05, 4.69) is 15.0 Å². The Morgan fingerprint density at radius 3 is 2.96 bits per heavy atom. The van der Waals surface area contributed by atoms with Gasteiger partial charge in [0.05, 0.1) is 0 Å². The molecule has 0 amide bonds. The molecule has 2 heterocycles. The van der Waals surface area contributed by atoms with Gasteiger partial charge in [-0.2, -0.15) is 0 Å². The van der Waals surface area contributed by atoms with Gasteiger partial charge in [-0.25, -0.2) is 0 Å². The number of nitro groups is 1. The fourth-order valence-corrected chi connectivity index (χ4v) is 4.15. The SMILES string of the molecule is COCC[As]c1nc(-n2ccnc2)nc2ccc([N+](=O)[O-])cc12. The van der Waals surface area contributed by atoms with Crippen LogP contribution in [0.5, 0.6) is 0 Å². The van der Waals surface area contributed by atoms with Crippen molar-refractivity contribution in [3.05, 3.63) is 47.0 Å². The summed E-state index contributed by atoms with van der Waals surface area (Å²) in [5.41, 5.74) is 0.739. The summed E-state index contributed by atoms with van der Waals surface area (Å²) in [6.45, 7) is 0.640. The molecule has 0 spiro atoms. The monoisotopic (exact) mass is 374 g/mol. The minimum atomic E-state index is -0.404. The van der Waals surface area contributed by atoms with E-state index in [1.807, 2.05) is 0 Å². The van der Waals surface area contributed by atoms with Gasteiger partial charge in [-0.3, -0.25) is 0 Å². The van der Waals surface area contributed by atoms with Crippen LogP contribution in [0, 0.1) is 10.1 Å². The predicted molar refractivity (Wildman–Crippen MR) is 85.4 cm³/mol. The summed E-state index contributed by atoms with van der Waals surface area (Å²) in [5.74, 6) is 0.520. The Balaban J connectivity index is 2.11. The summed E-state index contributed by atoms with van der Waals surface area (Å²) in [7, 11) is 1.65. The van der Waals surface area contributed by atoms with Crippen LogP contribution >= 0.6 is 0 Å². The number of nitro benzene ring substituents is 1. The summed E-state index contributed by atoms with van der Waals surface area (Å²) in [5, 5.41) is 12.6. The number of methoxy groups -OCH3 is 1. The van der Waals surface area contributed by atoms with Crippen LogP contribution in [-0.4, -0.2) is 53.9 Å². The van der Waals surface area contributed by atoms with Crippen molar-refractivity contribution in [2.45, 2.75) is 5.21 Å². The van der Waals surface area contributed by atoms with Gasteiger partial charge in [0.25, 0.3) is 0 Å². The molecule has 0 aliphatic rings. The molecular weight excluding hydrogens is 361 g/mol. The van der Waals surface area contributed by atoms with E-state index in [9.17, 15) is 10.1 Å². The van der Waals surface area contributed by atoms with Crippen LogP contribution in [0.2, 0.25) is 5.21 Å². The number of imidazole rings is 1. The first kappa shape index (κ1) is 15.6. The third-order valence-corrected chi connectivity index (χ3v) is 5.35. The average molecular weight is 374 g/mol. The van der Waals surface area contributed by atoms with E-state index in [0.29, 0.717) is 18.1 Å². The van der Waals surface area contributed by atoms with E-state index >= 15 is 0 Å². The average Bonchev–Trinajstić information content (AvgIpc) is 3.08. The van der Waals surface area contributed by atoms with Crippen molar-refractivity contribution in [2.75, 3.05) is 13.7 Å². The van der Waals surface area contributed by atoms with E-state index in [1.54, 1.807) is 42.5 Å². The normalized spacial score (nSPS) is 11.5. The zero-order valence-corrected chi connectivity index (χ0v) is 14.2. The summed E-state index contributed by atoms with van der Waals surface area (Å²) in [6, 6.07) is 4.67. The number of rotatable bonds is 6. The van der Waals surface area contributed by atoms with Gasteiger partial charge in [0, 0.05) is 0 Å². The zero-order valence-electron chi connectivity index (χ0n) is 12.3. The van der Waals surface area contributed by atoms with Gasteiger partial charge in [0.15, 0.2) is 0 Å². The zero-order chi connectivity index (χ0) is 16.2. The molecule has 2 aromatic heterocycles. The van der Waals surface area contributed by atoms with E-state index in [0.717, 1.165) is 15.1 Å². The first-order valence-corrected chi connectivity index (χ1v) is 9.06. The standard InChI is InChI=1S/C14H13AsN5O3/c1-23-7-4-15-13-11-8-10(20(21)22)2-3-12(11)17-14(18-13)19-6-5-16-9-19/h2-3,5-6,8-9H,4,7H2,1H3. The molecule has 3 aromatic rings. The second kappa shape index (κ2) is 6.85. The van der Waals surface area contributed by atoms with Crippen LogP contribution in [0.4, 0.5) is 5.69 Å². The molecule has 0 bridgehead atoms. The van der Waals surface area contributed by atoms with Gasteiger partial charge in [0.1, 0.15) is 0 Å². The fourth-order valence-electron chi connectivity index (χ4n) is 2.06. The van der Waals surface area contributed by atoms with Crippen molar-refractivity contribution in [1.82, 2.24) is 19.5 Å². The molecule has 0 unspecified atom stereocenters. The predicted octanol–water partition coefficient (Wildman–Crippen LogP) is 1.12. The molecule has 1 aromatic carbocycles. The van der Waals surface area contributed by atoms with Crippen LogP contribution in [0.15, 0.2) is 36.9 Å². The Hall–Kier alpha value is -2.31. The number of ether oxygens (including phenoxy) is 1. The van der Waals surface area contributed by atoms with Crippen molar-refractivity contribution in [2.24, 2.45) is 0 Å². The summed E-state index contributed by atoms with van der Waals surface area (Å²) >= 11 is -0.280. The van der Waals surface area contributed by atoms with Gasteiger partial charge in [-0.15, -0.1) is 0 Å². The van der Waals surface area contributed by atoms with Crippen LogP contribution in [0.3, 0.4) is 0 Å². The van der Waals surface area contributed by atoms with E-state index in [-0.39, 0.29) is 21.4 Å². The Labute approximate surface area is 138 Å². The maximum atomic E-state index is 11.0. The number of nitrogens with zero attached hydrogens (tertiary/aromatic N) is 5. The van der Waals surface area contributed by atoms with E-state index in [4.69, 9.17) is 4.74 Å². The van der Waals surface area contributed by atoms with Crippen LogP contribution in [0.25, 0.3) is 16.9 Å². The molecule has 23 heavy (non-hydrogen) atoms. The quantitative estimate of drug-likeness (QED) is 0.278. The first-order valence-electron chi connectivity index (χ1n) is 6.80. The van der Waals surface area contributed by atoms with Gasteiger partial charge in [0.2, 0.25) is 0 Å². The number of fused-ring (bicyclic) bond motifs is 1. The molecule has 3 rings (SSSR count). The topological polar surface area (TPSA) is 96.0 Å². The molecule has 0 saturated heterocycles. The number of benzene rings is 1. The molecule has 9 heteroatoms. The van der Waals surface area contributed by atoms with Gasteiger partial charge < -0.3 is 0 Å². The molecule has 0 aliphatic heterocycles. The molecule has 0 atom stereocenters. The minimum absolute atomic E-state index is 0.0469. The van der Waals surface area contributed by atoms with Crippen molar-refractivity contribution < 1.29 is 9.66 Å². The Morgan fingerprint density at radius 1 is 1.39 bits per heavy atom. The molecule has 117 valence electrons. The third-order valence-electron chi connectivity index (χ3n) is 3.15.